The molecule has 3 aromatic rings. The molecule has 2 aliphatic heterocycles. The fourth-order valence-electron chi connectivity index (χ4n) is 5.13. The lowest BCUT2D eigenvalue weighted by Crippen LogP contribution is -2.53. The molecule has 3 amide bonds. The number of aryl methyl sites for hydroxylation is 1. The van der Waals surface area contributed by atoms with E-state index < -0.39 is 0 Å². The summed E-state index contributed by atoms with van der Waals surface area (Å²) in [5.41, 5.74) is 4.74. The zero-order chi connectivity index (χ0) is 27.9. The van der Waals surface area contributed by atoms with Gasteiger partial charge in [-0.3, -0.25) is 19.3 Å². The minimum atomic E-state index is -0.291. The van der Waals surface area contributed by atoms with Crippen molar-refractivity contribution in [3.05, 3.63) is 63.5 Å². The third kappa shape index (κ3) is 5.49. The number of hydrogen-bond donors (Lipinski definition) is 0. The van der Waals surface area contributed by atoms with Crippen LogP contribution >= 0.6 is 23.1 Å². The molecule has 0 unspecified atom stereocenters. The van der Waals surface area contributed by atoms with Crippen LogP contribution in [-0.2, 0) is 19.8 Å². The van der Waals surface area contributed by atoms with Crippen LogP contribution in [0.5, 0.6) is 0 Å². The van der Waals surface area contributed by atoms with E-state index in [1.807, 2.05) is 35.9 Å². The Morgan fingerprint density at radius 2 is 1.69 bits per heavy atom. The fourth-order valence-corrected chi connectivity index (χ4v) is 7.09. The lowest BCUT2D eigenvalue weighted by atomic mass is 9.87. The maximum atomic E-state index is 13.8. The van der Waals surface area contributed by atoms with Gasteiger partial charge in [-0.05, 0) is 41.4 Å². The Morgan fingerprint density at radius 3 is 2.28 bits per heavy atom. The van der Waals surface area contributed by atoms with Crippen LogP contribution in [0.15, 0.2) is 41.1 Å². The van der Waals surface area contributed by atoms with E-state index in [9.17, 15) is 14.4 Å². The number of carbonyl (C=O) groups excluding carboxylic acids is 3. The van der Waals surface area contributed by atoms with Gasteiger partial charge in [0, 0.05) is 44.1 Å². The van der Waals surface area contributed by atoms with Crippen molar-refractivity contribution in [1.29, 1.82) is 0 Å². The van der Waals surface area contributed by atoms with Crippen LogP contribution in [0.4, 0.5) is 5.82 Å². The van der Waals surface area contributed by atoms with Crippen molar-refractivity contribution in [2.75, 3.05) is 43.4 Å². The highest BCUT2D eigenvalue weighted by atomic mass is 32.2. The smallest absolute Gasteiger partial charge is 0.242 e. The molecule has 39 heavy (non-hydrogen) atoms. The summed E-state index contributed by atoms with van der Waals surface area (Å²) >= 11 is 3.23. The maximum Gasteiger partial charge on any atom is 0.242 e. The van der Waals surface area contributed by atoms with Gasteiger partial charge in [0.05, 0.1) is 22.4 Å². The Hall–Kier alpha value is -3.11. The van der Waals surface area contributed by atoms with Gasteiger partial charge in [0.1, 0.15) is 12.4 Å². The quantitative estimate of drug-likeness (QED) is 0.469. The average Bonchev–Trinajstić information content (AvgIpc) is 3.54. The Kier molecular flexibility index (Phi) is 7.61. The number of anilines is 1. The van der Waals surface area contributed by atoms with Crippen molar-refractivity contribution >= 4 is 46.6 Å². The predicted octanol–water partition coefficient (Wildman–Crippen LogP) is 4.40. The highest BCUT2D eigenvalue weighted by Gasteiger charge is 2.40. The van der Waals surface area contributed by atoms with E-state index >= 15 is 0 Å². The molecule has 1 aromatic carbocycles. The van der Waals surface area contributed by atoms with Gasteiger partial charge in [-0.15, -0.1) is 11.8 Å². The van der Waals surface area contributed by atoms with Gasteiger partial charge in [0.2, 0.25) is 17.7 Å². The lowest BCUT2D eigenvalue weighted by molar-refractivity contribution is -0.137. The van der Waals surface area contributed by atoms with Crippen molar-refractivity contribution in [3.63, 3.8) is 0 Å². The molecule has 1 fully saturated rings. The zero-order valence-electron chi connectivity index (χ0n) is 23.1. The van der Waals surface area contributed by atoms with Crippen molar-refractivity contribution in [1.82, 2.24) is 19.6 Å². The Balaban J connectivity index is 1.62. The molecule has 8 nitrogen and oxygen atoms in total. The highest BCUT2D eigenvalue weighted by Crippen LogP contribution is 2.48. The summed E-state index contributed by atoms with van der Waals surface area (Å²) in [5.74, 6) is 0.722. The molecule has 0 radical (unpaired) electrons. The van der Waals surface area contributed by atoms with Crippen LogP contribution < -0.4 is 4.90 Å². The van der Waals surface area contributed by atoms with E-state index in [1.165, 1.54) is 0 Å². The minimum absolute atomic E-state index is 0.0163. The number of rotatable bonds is 4. The Labute approximate surface area is 238 Å². The fraction of sp³-hybridized carbons (Fsp3) is 0.448. The first kappa shape index (κ1) is 27.5. The molecule has 0 spiro atoms. The summed E-state index contributed by atoms with van der Waals surface area (Å²) in [4.78, 5) is 44.3. The van der Waals surface area contributed by atoms with Crippen LogP contribution in [0, 0.1) is 6.92 Å². The van der Waals surface area contributed by atoms with E-state index in [0.717, 1.165) is 28.1 Å². The van der Waals surface area contributed by atoms with Crippen molar-refractivity contribution < 1.29 is 14.4 Å². The van der Waals surface area contributed by atoms with E-state index in [4.69, 9.17) is 5.10 Å². The Morgan fingerprint density at radius 1 is 1.03 bits per heavy atom. The maximum absolute atomic E-state index is 13.8. The molecule has 0 N–H and O–H groups in total. The number of piperazine rings is 1. The average molecular weight is 566 g/mol. The summed E-state index contributed by atoms with van der Waals surface area (Å²) in [5, 5.41) is 9.26. The lowest BCUT2D eigenvalue weighted by Gasteiger charge is -2.35. The van der Waals surface area contributed by atoms with E-state index in [-0.39, 0.29) is 40.7 Å². The van der Waals surface area contributed by atoms with Gasteiger partial charge in [0.15, 0.2) is 0 Å². The number of thiophene rings is 1. The zero-order valence-corrected chi connectivity index (χ0v) is 24.8. The number of nitrogens with zero attached hydrogens (tertiary/aromatic N) is 5. The number of hydrogen-bond acceptors (Lipinski definition) is 6. The van der Waals surface area contributed by atoms with Crippen molar-refractivity contribution in [2.45, 2.75) is 45.3 Å². The van der Waals surface area contributed by atoms with Crippen molar-refractivity contribution in [3.8, 4) is 5.69 Å². The van der Waals surface area contributed by atoms with Gasteiger partial charge in [-0.25, -0.2) is 4.68 Å². The molecule has 1 saturated heterocycles. The summed E-state index contributed by atoms with van der Waals surface area (Å²) < 4.78 is 1.86. The number of amides is 3. The van der Waals surface area contributed by atoms with Crippen molar-refractivity contribution in [2.24, 2.45) is 0 Å². The molecule has 0 bridgehead atoms. The highest BCUT2D eigenvalue weighted by molar-refractivity contribution is 8.00. The second-order valence-corrected chi connectivity index (χ2v) is 13.1. The molecular formula is C29H35N5O3S2. The van der Waals surface area contributed by atoms with Crippen LogP contribution in [-0.4, -0.2) is 75.8 Å². The molecule has 10 heteroatoms. The summed E-state index contributed by atoms with van der Waals surface area (Å²) in [6.07, 6.45) is 0. The minimum Gasteiger partial charge on any atom is -0.339 e. The van der Waals surface area contributed by atoms with Gasteiger partial charge in [-0.2, -0.15) is 16.4 Å². The number of aromatic nitrogens is 2. The van der Waals surface area contributed by atoms with E-state index in [2.05, 4.69) is 37.6 Å². The Bertz CT molecular complexity index is 1370. The monoisotopic (exact) mass is 565 g/mol. The van der Waals surface area contributed by atoms with Crippen LogP contribution in [0.2, 0.25) is 0 Å². The largest absolute Gasteiger partial charge is 0.339 e. The number of thioether (sulfide) groups is 1. The topological polar surface area (TPSA) is 78.8 Å². The third-order valence-corrected chi connectivity index (χ3v) is 9.25. The van der Waals surface area contributed by atoms with Crippen LogP contribution in [0.25, 0.3) is 5.69 Å². The first-order valence-corrected chi connectivity index (χ1v) is 15.2. The standard InChI is InChI=1S/C29H35N5O3S2/c1-19-6-8-22(9-7-19)34-28-25(27(30-34)29(3,4)5)26(21-10-15-38-17-21)39-18-24(37)33(28)16-23(36)32-13-11-31(12-14-32)20(2)35/h6-10,15,17,26H,11-14,16,18H2,1-5H3/t26-/m0/s1. The normalized spacial score (nSPS) is 18.2. The number of carbonyl (C=O) groups is 3. The van der Waals surface area contributed by atoms with Gasteiger partial charge in [-0.1, -0.05) is 38.5 Å². The summed E-state index contributed by atoms with van der Waals surface area (Å²) in [6.45, 7) is 11.9. The summed E-state index contributed by atoms with van der Waals surface area (Å²) in [6, 6.07) is 10.2. The van der Waals surface area contributed by atoms with Crippen LogP contribution in [0.3, 0.4) is 0 Å². The predicted molar refractivity (Wildman–Crippen MR) is 157 cm³/mol. The van der Waals surface area contributed by atoms with E-state index in [1.54, 1.807) is 44.7 Å². The second-order valence-electron chi connectivity index (χ2n) is 11.2. The second kappa shape index (κ2) is 10.8. The number of fused-ring (bicyclic) bond motifs is 1. The molecule has 0 saturated carbocycles. The van der Waals surface area contributed by atoms with Gasteiger partial charge >= 0.3 is 0 Å². The first-order valence-electron chi connectivity index (χ1n) is 13.2. The molecule has 2 aliphatic rings. The molecule has 2 aromatic heterocycles. The van der Waals surface area contributed by atoms with Gasteiger partial charge < -0.3 is 9.80 Å². The molecule has 4 heterocycles. The summed E-state index contributed by atoms with van der Waals surface area (Å²) in [7, 11) is 0. The molecule has 1 atom stereocenters. The number of benzene rings is 1. The third-order valence-electron chi connectivity index (χ3n) is 7.29. The van der Waals surface area contributed by atoms with Crippen LogP contribution in [0.1, 0.15) is 55.3 Å². The molecule has 5 rings (SSSR count). The molecule has 206 valence electrons. The first-order chi connectivity index (χ1) is 18.5. The SMILES string of the molecule is CC(=O)N1CCN(C(=O)CN2C(=O)CS[C@@H](c3ccsc3)c3c(C(C)(C)C)nn(-c4ccc(C)cc4)c32)CC1. The molecular weight excluding hydrogens is 530 g/mol. The molecule has 0 aliphatic carbocycles. The van der Waals surface area contributed by atoms with E-state index in [0.29, 0.717) is 32.0 Å². The van der Waals surface area contributed by atoms with Gasteiger partial charge in [0.25, 0.3) is 0 Å².